The van der Waals surface area contributed by atoms with E-state index >= 15 is 0 Å². The Labute approximate surface area is 130 Å². The highest BCUT2D eigenvalue weighted by Gasteiger charge is 2.17. The monoisotopic (exact) mass is 318 g/mol. The van der Waals surface area contributed by atoms with Crippen molar-refractivity contribution in [3.05, 3.63) is 46.9 Å². The van der Waals surface area contributed by atoms with Crippen molar-refractivity contribution in [2.45, 2.75) is 26.9 Å². The number of carbonyl (C=O) groups is 1. The highest BCUT2D eigenvalue weighted by molar-refractivity contribution is 6.99. The van der Waals surface area contributed by atoms with Crippen LogP contribution in [0.4, 0.5) is 0 Å². The Morgan fingerprint density at radius 1 is 1.41 bits per heavy atom. The number of furan rings is 1. The van der Waals surface area contributed by atoms with Gasteiger partial charge in [0.15, 0.2) is 5.69 Å². The fourth-order valence-electron chi connectivity index (χ4n) is 1.92. The number of amides is 1. The lowest BCUT2D eigenvalue weighted by Gasteiger charge is -2.03. The zero-order chi connectivity index (χ0) is 15.5. The van der Waals surface area contributed by atoms with Gasteiger partial charge in [-0.2, -0.15) is 8.75 Å². The van der Waals surface area contributed by atoms with Crippen molar-refractivity contribution in [2.75, 3.05) is 0 Å². The quantitative estimate of drug-likeness (QED) is 0.761. The molecule has 0 unspecified atom stereocenters. The third-order valence-corrected chi connectivity index (χ3v) is 3.90. The van der Waals surface area contributed by atoms with Gasteiger partial charge in [-0.3, -0.25) is 4.79 Å². The van der Waals surface area contributed by atoms with Gasteiger partial charge in [0.1, 0.15) is 5.76 Å². The topological polar surface area (TPSA) is 98.7 Å². The molecular weight excluding hydrogens is 304 g/mol. The maximum absolute atomic E-state index is 12.1. The van der Waals surface area contributed by atoms with Gasteiger partial charge in [0, 0.05) is 0 Å². The van der Waals surface area contributed by atoms with Crippen LogP contribution >= 0.6 is 11.7 Å². The van der Waals surface area contributed by atoms with Gasteiger partial charge >= 0.3 is 0 Å². The Bertz CT molecular complexity index is 776. The van der Waals surface area contributed by atoms with E-state index in [2.05, 4.69) is 24.4 Å². The number of aryl methyl sites for hydroxylation is 1. The predicted octanol–water partition coefficient (Wildman–Crippen LogP) is 1.32. The maximum Gasteiger partial charge on any atom is 0.274 e. The SMILES string of the molecule is Cc1nsnc1Cn1nnc(C(=O)NCc2ccco2)c1C. The minimum absolute atomic E-state index is 0.284. The Morgan fingerprint density at radius 3 is 2.95 bits per heavy atom. The van der Waals surface area contributed by atoms with Gasteiger partial charge in [-0.1, -0.05) is 5.21 Å². The highest BCUT2D eigenvalue weighted by atomic mass is 32.1. The summed E-state index contributed by atoms with van der Waals surface area (Å²) < 4.78 is 15.1. The molecule has 22 heavy (non-hydrogen) atoms. The Morgan fingerprint density at radius 2 is 2.27 bits per heavy atom. The average molecular weight is 318 g/mol. The van der Waals surface area contributed by atoms with Crippen molar-refractivity contribution in [1.82, 2.24) is 29.1 Å². The molecule has 0 saturated heterocycles. The molecule has 0 atom stereocenters. The van der Waals surface area contributed by atoms with Gasteiger partial charge in [0.2, 0.25) is 0 Å². The van der Waals surface area contributed by atoms with Crippen molar-refractivity contribution in [3.63, 3.8) is 0 Å². The van der Waals surface area contributed by atoms with Gasteiger partial charge in [0.05, 0.1) is 48.2 Å². The van der Waals surface area contributed by atoms with E-state index in [0.29, 0.717) is 30.2 Å². The van der Waals surface area contributed by atoms with Crippen LogP contribution < -0.4 is 5.32 Å². The summed E-state index contributed by atoms with van der Waals surface area (Å²) in [5, 5.41) is 10.7. The number of hydrogen-bond acceptors (Lipinski definition) is 7. The molecule has 0 spiro atoms. The molecule has 0 bridgehead atoms. The molecule has 3 aromatic heterocycles. The van der Waals surface area contributed by atoms with Gasteiger partial charge in [0.25, 0.3) is 5.91 Å². The fourth-order valence-corrected chi connectivity index (χ4v) is 2.48. The Hall–Kier alpha value is -2.55. The van der Waals surface area contributed by atoms with E-state index in [-0.39, 0.29) is 5.91 Å². The molecule has 9 heteroatoms. The standard InChI is InChI=1S/C13H14N6O2S/c1-8-11(17-22-16-8)7-19-9(2)12(15-18-19)13(20)14-6-10-4-3-5-21-10/h3-5H,6-7H2,1-2H3,(H,14,20). The predicted molar refractivity (Wildman–Crippen MR) is 78.4 cm³/mol. The number of hydrogen-bond donors (Lipinski definition) is 1. The summed E-state index contributed by atoms with van der Waals surface area (Å²) >= 11 is 1.16. The summed E-state index contributed by atoms with van der Waals surface area (Å²) in [4.78, 5) is 12.1. The van der Waals surface area contributed by atoms with Crippen molar-refractivity contribution >= 4 is 17.6 Å². The summed E-state index contributed by atoms with van der Waals surface area (Å²) in [6, 6.07) is 3.56. The molecule has 0 aliphatic carbocycles. The second kappa shape index (κ2) is 6.06. The summed E-state index contributed by atoms with van der Waals surface area (Å²) in [6.45, 7) is 4.46. The van der Waals surface area contributed by atoms with Crippen LogP contribution in [0.15, 0.2) is 22.8 Å². The molecule has 0 radical (unpaired) electrons. The second-order valence-corrected chi connectivity index (χ2v) is 5.27. The lowest BCUT2D eigenvalue weighted by Crippen LogP contribution is -2.24. The zero-order valence-corrected chi connectivity index (χ0v) is 12.9. The molecule has 3 heterocycles. The van der Waals surface area contributed by atoms with Crippen LogP contribution in [-0.4, -0.2) is 29.6 Å². The van der Waals surface area contributed by atoms with Gasteiger partial charge < -0.3 is 9.73 Å². The van der Waals surface area contributed by atoms with E-state index < -0.39 is 0 Å². The minimum Gasteiger partial charge on any atom is -0.467 e. The molecule has 0 fully saturated rings. The van der Waals surface area contributed by atoms with Crippen LogP contribution in [0.25, 0.3) is 0 Å². The van der Waals surface area contributed by atoms with E-state index in [4.69, 9.17) is 4.42 Å². The molecule has 114 valence electrons. The highest BCUT2D eigenvalue weighted by Crippen LogP contribution is 2.10. The van der Waals surface area contributed by atoms with Crippen LogP contribution in [0.1, 0.15) is 33.3 Å². The lowest BCUT2D eigenvalue weighted by atomic mass is 10.3. The first-order chi connectivity index (χ1) is 10.6. The van der Waals surface area contributed by atoms with Gasteiger partial charge in [-0.05, 0) is 26.0 Å². The lowest BCUT2D eigenvalue weighted by molar-refractivity contribution is 0.0942. The second-order valence-electron chi connectivity index (χ2n) is 4.74. The van der Waals surface area contributed by atoms with E-state index in [9.17, 15) is 4.79 Å². The fraction of sp³-hybridized carbons (Fsp3) is 0.308. The molecular formula is C13H14N6O2S. The molecule has 0 aliphatic rings. The average Bonchev–Trinajstić information content (AvgIpc) is 3.22. The number of rotatable bonds is 5. The first kappa shape index (κ1) is 14.4. The number of aromatic nitrogens is 5. The van der Waals surface area contributed by atoms with E-state index in [0.717, 1.165) is 23.1 Å². The molecule has 1 amide bonds. The number of nitrogens with one attached hydrogen (secondary N) is 1. The number of nitrogens with zero attached hydrogens (tertiary/aromatic N) is 5. The summed E-state index contributed by atoms with van der Waals surface area (Å²) in [5.74, 6) is 0.399. The van der Waals surface area contributed by atoms with Crippen LogP contribution in [0.2, 0.25) is 0 Å². The normalized spacial score (nSPS) is 10.8. The summed E-state index contributed by atoms with van der Waals surface area (Å²) in [5.41, 5.74) is 2.68. The number of carbonyl (C=O) groups excluding carboxylic acids is 1. The molecule has 0 saturated carbocycles. The van der Waals surface area contributed by atoms with Crippen molar-refractivity contribution < 1.29 is 9.21 Å². The van der Waals surface area contributed by atoms with Gasteiger partial charge in [-0.15, -0.1) is 5.10 Å². The van der Waals surface area contributed by atoms with Crippen molar-refractivity contribution in [1.29, 1.82) is 0 Å². The molecule has 3 rings (SSSR count). The minimum atomic E-state index is -0.284. The van der Waals surface area contributed by atoms with Crippen molar-refractivity contribution in [2.24, 2.45) is 0 Å². The summed E-state index contributed by atoms with van der Waals surface area (Å²) in [7, 11) is 0. The van der Waals surface area contributed by atoms with Crippen LogP contribution in [0.5, 0.6) is 0 Å². The Kier molecular flexibility index (Phi) is 3.96. The third-order valence-electron chi connectivity index (χ3n) is 3.25. The molecule has 1 N–H and O–H groups in total. The van der Waals surface area contributed by atoms with Crippen LogP contribution in [0.3, 0.4) is 0 Å². The molecule has 0 aliphatic heterocycles. The van der Waals surface area contributed by atoms with Crippen molar-refractivity contribution in [3.8, 4) is 0 Å². The van der Waals surface area contributed by atoms with Crippen LogP contribution in [-0.2, 0) is 13.1 Å². The van der Waals surface area contributed by atoms with E-state index in [1.165, 1.54) is 0 Å². The van der Waals surface area contributed by atoms with Gasteiger partial charge in [-0.25, -0.2) is 4.68 Å². The Balaban J connectivity index is 1.69. The van der Waals surface area contributed by atoms with Crippen LogP contribution in [0, 0.1) is 13.8 Å². The smallest absolute Gasteiger partial charge is 0.274 e. The molecule has 3 aromatic rings. The first-order valence-electron chi connectivity index (χ1n) is 6.64. The third kappa shape index (κ3) is 2.89. The maximum atomic E-state index is 12.1. The van der Waals surface area contributed by atoms with E-state index in [1.54, 1.807) is 30.0 Å². The molecule has 8 nitrogen and oxygen atoms in total. The van der Waals surface area contributed by atoms with E-state index in [1.807, 2.05) is 6.92 Å². The zero-order valence-electron chi connectivity index (χ0n) is 12.1. The summed E-state index contributed by atoms with van der Waals surface area (Å²) in [6.07, 6.45) is 1.56. The molecule has 0 aromatic carbocycles. The first-order valence-corrected chi connectivity index (χ1v) is 7.37. The largest absolute Gasteiger partial charge is 0.467 e.